The number of hydrogen-bond donors (Lipinski definition) is 2. The van der Waals surface area contributed by atoms with Gasteiger partial charge in [-0.05, 0) is 44.9 Å². The third-order valence-electron chi connectivity index (χ3n) is 3.94. The second-order valence-corrected chi connectivity index (χ2v) is 6.52. The topological polar surface area (TPSA) is 55.1 Å². The molecule has 0 radical (unpaired) electrons. The monoisotopic (exact) mass is 314 g/mol. The number of amides is 1. The van der Waals surface area contributed by atoms with E-state index >= 15 is 0 Å². The van der Waals surface area contributed by atoms with Crippen molar-refractivity contribution >= 4 is 5.91 Å². The molecular formula is C19H23FN2O. The van der Waals surface area contributed by atoms with Crippen LogP contribution in [0.4, 0.5) is 4.39 Å². The average Bonchev–Trinajstić information content (AvgIpc) is 2.44. The van der Waals surface area contributed by atoms with E-state index in [9.17, 15) is 9.18 Å². The predicted octanol–water partition coefficient (Wildman–Crippen LogP) is 3.65. The Labute approximate surface area is 136 Å². The Balaban J connectivity index is 2.40. The third kappa shape index (κ3) is 3.77. The van der Waals surface area contributed by atoms with Crippen molar-refractivity contribution in [3.05, 3.63) is 70.5 Å². The van der Waals surface area contributed by atoms with Crippen molar-refractivity contribution in [3.63, 3.8) is 0 Å². The van der Waals surface area contributed by atoms with Crippen molar-refractivity contribution < 1.29 is 9.18 Å². The lowest BCUT2D eigenvalue weighted by Crippen LogP contribution is -2.48. The molecule has 0 aliphatic carbocycles. The maximum Gasteiger partial charge on any atom is 0.252 e. The highest BCUT2D eigenvalue weighted by molar-refractivity contribution is 5.97. The van der Waals surface area contributed by atoms with E-state index in [0.717, 1.165) is 11.1 Å². The van der Waals surface area contributed by atoms with Gasteiger partial charge in [-0.1, -0.05) is 36.4 Å². The number of hydrogen-bond acceptors (Lipinski definition) is 2. The second kappa shape index (κ2) is 6.50. The minimum Gasteiger partial charge on any atom is -0.343 e. The summed E-state index contributed by atoms with van der Waals surface area (Å²) >= 11 is 0. The van der Waals surface area contributed by atoms with Gasteiger partial charge in [0, 0.05) is 16.7 Å². The summed E-state index contributed by atoms with van der Waals surface area (Å²) in [6.07, 6.45) is 0. The van der Waals surface area contributed by atoms with E-state index in [1.807, 2.05) is 32.0 Å². The standard InChI is InChI=1S/C19H23FN2O/c1-12-8-7-9-13(2)16(12)18(23)22-17(19(3,4)21)14-10-5-6-11-15(14)20/h5-11,17H,21H2,1-4H3,(H,22,23). The van der Waals surface area contributed by atoms with Gasteiger partial charge in [-0.2, -0.15) is 0 Å². The highest BCUT2D eigenvalue weighted by Gasteiger charge is 2.31. The van der Waals surface area contributed by atoms with Crippen molar-refractivity contribution in [1.29, 1.82) is 0 Å². The molecule has 23 heavy (non-hydrogen) atoms. The fraction of sp³-hybridized carbons (Fsp3) is 0.316. The van der Waals surface area contributed by atoms with Gasteiger partial charge < -0.3 is 11.1 Å². The molecule has 2 aromatic carbocycles. The van der Waals surface area contributed by atoms with Crippen LogP contribution in [0, 0.1) is 19.7 Å². The normalized spacial score (nSPS) is 12.8. The summed E-state index contributed by atoms with van der Waals surface area (Å²) in [5, 5.41) is 2.91. The number of nitrogens with one attached hydrogen (secondary N) is 1. The smallest absolute Gasteiger partial charge is 0.252 e. The van der Waals surface area contributed by atoms with Gasteiger partial charge in [0.25, 0.3) is 5.91 Å². The van der Waals surface area contributed by atoms with Crippen LogP contribution >= 0.6 is 0 Å². The summed E-state index contributed by atoms with van der Waals surface area (Å²) in [6, 6.07) is 11.4. The van der Waals surface area contributed by atoms with Gasteiger partial charge in [0.15, 0.2) is 0 Å². The minimum atomic E-state index is -0.811. The number of halogens is 1. The molecule has 122 valence electrons. The summed E-state index contributed by atoms with van der Waals surface area (Å²) in [4.78, 5) is 12.7. The molecule has 0 saturated heterocycles. The molecule has 0 aliphatic heterocycles. The van der Waals surface area contributed by atoms with Crippen LogP contribution in [-0.4, -0.2) is 11.4 Å². The van der Waals surface area contributed by atoms with E-state index in [-0.39, 0.29) is 11.7 Å². The van der Waals surface area contributed by atoms with Crippen LogP contribution in [0.1, 0.15) is 46.9 Å². The Hall–Kier alpha value is -2.20. The van der Waals surface area contributed by atoms with E-state index in [0.29, 0.717) is 11.1 Å². The number of aryl methyl sites for hydroxylation is 2. The van der Waals surface area contributed by atoms with E-state index in [2.05, 4.69) is 5.32 Å². The zero-order valence-corrected chi connectivity index (χ0v) is 14.0. The van der Waals surface area contributed by atoms with Gasteiger partial charge in [0.1, 0.15) is 5.82 Å². The molecular weight excluding hydrogens is 291 g/mol. The molecule has 0 aliphatic rings. The molecule has 1 unspecified atom stereocenters. The van der Waals surface area contributed by atoms with Crippen LogP contribution in [0.25, 0.3) is 0 Å². The molecule has 0 fully saturated rings. The van der Waals surface area contributed by atoms with Gasteiger partial charge in [-0.25, -0.2) is 4.39 Å². The molecule has 0 saturated carbocycles. The van der Waals surface area contributed by atoms with E-state index in [1.54, 1.807) is 32.0 Å². The Morgan fingerprint density at radius 1 is 1.09 bits per heavy atom. The van der Waals surface area contributed by atoms with E-state index in [4.69, 9.17) is 5.73 Å². The summed E-state index contributed by atoms with van der Waals surface area (Å²) < 4.78 is 14.2. The molecule has 3 N–H and O–H groups in total. The van der Waals surface area contributed by atoms with Crippen molar-refractivity contribution in [3.8, 4) is 0 Å². The zero-order chi connectivity index (χ0) is 17.2. The van der Waals surface area contributed by atoms with Gasteiger partial charge in [0.2, 0.25) is 0 Å². The molecule has 1 atom stereocenters. The molecule has 0 aromatic heterocycles. The number of carbonyl (C=O) groups is 1. The van der Waals surface area contributed by atoms with Crippen LogP contribution < -0.4 is 11.1 Å². The number of nitrogens with two attached hydrogens (primary N) is 1. The van der Waals surface area contributed by atoms with Gasteiger partial charge in [0.05, 0.1) is 6.04 Å². The van der Waals surface area contributed by atoms with Gasteiger partial charge >= 0.3 is 0 Å². The van der Waals surface area contributed by atoms with Crippen molar-refractivity contribution in [2.24, 2.45) is 5.73 Å². The second-order valence-electron chi connectivity index (χ2n) is 6.52. The predicted molar refractivity (Wildman–Crippen MR) is 90.8 cm³/mol. The van der Waals surface area contributed by atoms with Crippen LogP contribution in [0.2, 0.25) is 0 Å². The van der Waals surface area contributed by atoms with Gasteiger partial charge in [-0.3, -0.25) is 4.79 Å². The SMILES string of the molecule is Cc1cccc(C)c1C(=O)NC(c1ccccc1F)C(C)(C)N. The van der Waals surface area contributed by atoms with Crippen LogP contribution in [0.5, 0.6) is 0 Å². The average molecular weight is 314 g/mol. The number of benzene rings is 2. The van der Waals surface area contributed by atoms with Crippen molar-refractivity contribution in [2.75, 3.05) is 0 Å². The molecule has 0 spiro atoms. The fourth-order valence-electron chi connectivity index (χ4n) is 2.75. The van der Waals surface area contributed by atoms with E-state index < -0.39 is 11.6 Å². The first-order chi connectivity index (χ1) is 10.7. The maximum absolute atomic E-state index is 14.2. The lowest BCUT2D eigenvalue weighted by Gasteiger charge is -2.32. The largest absolute Gasteiger partial charge is 0.343 e. The molecule has 1 amide bonds. The molecule has 4 heteroatoms. The van der Waals surface area contributed by atoms with Crippen LogP contribution in [0.3, 0.4) is 0 Å². The summed E-state index contributed by atoms with van der Waals surface area (Å²) in [5.74, 6) is -0.620. The third-order valence-corrected chi connectivity index (χ3v) is 3.94. The van der Waals surface area contributed by atoms with Gasteiger partial charge in [-0.15, -0.1) is 0 Å². The highest BCUT2D eigenvalue weighted by Crippen LogP contribution is 2.27. The molecule has 2 rings (SSSR count). The first-order valence-corrected chi connectivity index (χ1v) is 7.62. The van der Waals surface area contributed by atoms with E-state index in [1.165, 1.54) is 6.07 Å². The Kier molecular flexibility index (Phi) is 4.85. The molecule has 2 aromatic rings. The number of rotatable bonds is 4. The van der Waals surface area contributed by atoms with Crippen LogP contribution in [-0.2, 0) is 0 Å². The number of carbonyl (C=O) groups excluding carboxylic acids is 1. The van der Waals surface area contributed by atoms with Crippen LogP contribution in [0.15, 0.2) is 42.5 Å². The maximum atomic E-state index is 14.2. The Morgan fingerprint density at radius 3 is 2.17 bits per heavy atom. The van der Waals surface area contributed by atoms with Crippen molar-refractivity contribution in [1.82, 2.24) is 5.32 Å². The minimum absolute atomic E-state index is 0.243. The quantitative estimate of drug-likeness (QED) is 0.905. The molecule has 0 bridgehead atoms. The first kappa shape index (κ1) is 17.2. The summed E-state index contributed by atoms with van der Waals surface area (Å²) in [7, 11) is 0. The lowest BCUT2D eigenvalue weighted by atomic mass is 9.88. The Bertz CT molecular complexity index is 699. The van der Waals surface area contributed by atoms with Crippen molar-refractivity contribution in [2.45, 2.75) is 39.3 Å². The fourth-order valence-corrected chi connectivity index (χ4v) is 2.75. The summed E-state index contributed by atoms with van der Waals surface area (Å²) in [6.45, 7) is 7.31. The highest BCUT2D eigenvalue weighted by atomic mass is 19.1. The first-order valence-electron chi connectivity index (χ1n) is 7.62. The summed E-state index contributed by atoms with van der Waals surface area (Å²) in [5.41, 5.74) is 8.15. The zero-order valence-electron chi connectivity index (χ0n) is 14.0. The lowest BCUT2D eigenvalue weighted by molar-refractivity contribution is 0.0916. The molecule has 0 heterocycles. The molecule has 3 nitrogen and oxygen atoms in total. The Morgan fingerprint density at radius 2 is 1.65 bits per heavy atom.